The van der Waals surface area contributed by atoms with Crippen LogP contribution in [-0.4, -0.2) is 59.2 Å². The summed E-state index contributed by atoms with van der Waals surface area (Å²) in [6.45, 7) is 13.1. The summed E-state index contributed by atoms with van der Waals surface area (Å²) in [5, 5.41) is 0. The van der Waals surface area contributed by atoms with E-state index in [0.717, 1.165) is 36.2 Å². The zero-order valence-corrected chi connectivity index (χ0v) is 13.0. The Morgan fingerprint density at radius 3 is 1.29 bits per heavy atom. The first-order valence-corrected chi connectivity index (χ1v) is 7.05. The molecule has 0 fully saturated rings. The van der Waals surface area contributed by atoms with Crippen molar-refractivity contribution in [2.75, 3.05) is 39.4 Å². The summed E-state index contributed by atoms with van der Waals surface area (Å²) in [4.78, 5) is 5.96. The lowest BCUT2D eigenvalue weighted by Gasteiger charge is -2.24. The van der Waals surface area contributed by atoms with Crippen LogP contribution in [0.3, 0.4) is 0 Å². The van der Waals surface area contributed by atoms with Crippen molar-refractivity contribution in [2.24, 2.45) is 0 Å². The molecule has 0 rings (SSSR count). The smallest absolute Gasteiger partial charge is 0.104 e. The van der Waals surface area contributed by atoms with Crippen LogP contribution in [0.15, 0.2) is 0 Å². The lowest BCUT2D eigenvalue weighted by atomic mass is 10.4. The summed E-state index contributed by atoms with van der Waals surface area (Å²) >= 11 is 10.6. The van der Waals surface area contributed by atoms with E-state index in [-0.39, 0.29) is 0 Å². The van der Waals surface area contributed by atoms with Gasteiger partial charge in [0.15, 0.2) is 0 Å². The van der Waals surface area contributed by atoms with E-state index in [1.807, 2.05) is 0 Å². The minimum absolute atomic E-state index is 0.485. The van der Waals surface area contributed by atoms with E-state index in [9.17, 15) is 0 Å². The number of nitrogens with zero attached hydrogens (tertiary/aromatic N) is 2. The topological polar surface area (TPSA) is 15.7 Å². The van der Waals surface area contributed by atoms with Crippen molar-refractivity contribution < 1.29 is 4.74 Å². The molecule has 0 radical (unpaired) electrons. The van der Waals surface area contributed by atoms with Gasteiger partial charge >= 0.3 is 0 Å². The van der Waals surface area contributed by atoms with Gasteiger partial charge in [0.05, 0.1) is 13.2 Å². The Morgan fingerprint density at radius 2 is 1.06 bits per heavy atom. The van der Waals surface area contributed by atoms with Crippen molar-refractivity contribution in [3.8, 4) is 0 Å². The molecule has 0 amide bonds. The van der Waals surface area contributed by atoms with Crippen molar-refractivity contribution in [3.63, 3.8) is 0 Å². The van der Waals surface area contributed by atoms with Crippen LogP contribution in [-0.2, 0) is 4.74 Å². The molecule has 0 aromatic carbocycles. The zero-order chi connectivity index (χ0) is 13.3. The van der Waals surface area contributed by atoms with Crippen LogP contribution in [0.4, 0.5) is 0 Å². The monoisotopic (exact) mass is 276 g/mol. The first-order valence-electron chi connectivity index (χ1n) is 6.23. The van der Waals surface area contributed by atoms with Gasteiger partial charge in [0.25, 0.3) is 0 Å². The molecule has 5 heteroatoms. The highest BCUT2D eigenvalue weighted by Gasteiger charge is 2.08. The summed E-state index contributed by atoms with van der Waals surface area (Å²) in [7, 11) is 0. The second-order valence-electron chi connectivity index (χ2n) is 3.62. The minimum Gasteiger partial charge on any atom is -0.367 e. The summed E-state index contributed by atoms with van der Waals surface area (Å²) < 4.78 is 5.56. The van der Waals surface area contributed by atoms with Gasteiger partial charge in [-0.05, 0) is 27.7 Å². The van der Waals surface area contributed by atoms with Gasteiger partial charge in [0.1, 0.15) is 9.98 Å². The molecule has 0 aliphatic carbocycles. The number of rotatable bonds is 8. The standard InChI is InChI=1S/C12H24N2OS2/c1-5-13(6-2)11(16)9-15-10-12(17)14(7-3)8-4/h5-10H2,1-4H3. The van der Waals surface area contributed by atoms with Crippen molar-refractivity contribution in [3.05, 3.63) is 0 Å². The Kier molecular flexibility index (Phi) is 9.59. The molecule has 0 N–H and O–H groups in total. The van der Waals surface area contributed by atoms with Crippen LogP contribution in [0.1, 0.15) is 27.7 Å². The predicted octanol–water partition coefficient (Wildman–Crippen LogP) is 2.34. The van der Waals surface area contributed by atoms with Gasteiger partial charge in [0.2, 0.25) is 0 Å². The molecule has 100 valence electrons. The van der Waals surface area contributed by atoms with Crippen LogP contribution in [0, 0.1) is 0 Å². The third-order valence-corrected chi connectivity index (χ3v) is 3.44. The molecule has 0 aliphatic heterocycles. The fraction of sp³-hybridized carbons (Fsp3) is 0.833. The van der Waals surface area contributed by atoms with Crippen molar-refractivity contribution in [1.82, 2.24) is 9.80 Å². The Labute approximate surface area is 116 Å². The van der Waals surface area contributed by atoms with Gasteiger partial charge in [-0.3, -0.25) is 0 Å². The first kappa shape index (κ1) is 16.7. The molecule has 3 nitrogen and oxygen atoms in total. The first-order chi connectivity index (χ1) is 8.10. The van der Waals surface area contributed by atoms with Gasteiger partial charge in [-0.25, -0.2) is 0 Å². The zero-order valence-electron chi connectivity index (χ0n) is 11.4. The predicted molar refractivity (Wildman–Crippen MR) is 81.9 cm³/mol. The average Bonchev–Trinajstić information content (AvgIpc) is 2.32. The van der Waals surface area contributed by atoms with Crippen molar-refractivity contribution in [2.45, 2.75) is 27.7 Å². The van der Waals surface area contributed by atoms with E-state index >= 15 is 0 Å². The van der Waals surface area contributed by atoms with E-state index in [2.05, 4.69) is 37.5 Å². The maximum absolute atomic E-state index is 5.56. The highest BCUT2D eigenvalue weighted by atomic mass is 32.1. The van der Waals surface area contributed by atoms with Crippen molar-refractivity contribution >= 4 is 34.4 Å². The molecule has 0 atom stereocenters. The number of thiocarbonyl (C=S) groups is 2. The Balaban J connectivity index is 3.90. The molecule has 0 aromatic heterocycles. The molecule has 17 heavy (non-hydrogen) atoms. The lowest BCUT2D eigenvalue weighted by molar-refractivity contribution is 0.198. The maximum atomic E-state index is 5.56. The molecule has 0 bridgehead atoms. The van der Waals surface area contributed by atoms with E-state index < -0.39 is 0 Å². The molecule has 0 aliphatic rings. The lowest BCUT2D eigenvalue weighted by Crippen LogP contribution is -2.35. The fourth-order valence-electron chi connectivity index (χ4n) is 1.56. The summed E-state index contributed by atoms with van der Waals surface area (Å²) in [6, 6.07) is 0. The molecule has 0 aromatic rings. The van der Waals surface area contributed by atoms with Gasteiger partial charge in [-0.2, -0.15) is 0 Å². The largest absolute Gasteiger partial charge is 0.367 e. The van der Waals surface area contributed by atoms with Crippen LogP contribution >= 0.6 is 24.4 Å². The van der Waals surface area contributed by atoms with Gasteiger partial charge in [-0.1, -0.05) is 24.4 Å². The summed E-state index contributed by atoms with van der Waals surface area (Å²) in [6.07, 6.45) is 0. The van der Waals surface area contributed by atoms with Crippen molar-refractivity contribution in [1.29, 1.82) is 0 Å². The number of hydrogen-bond acceptors (Lipinski definition) is 3. The molecule has 0 unspecified atom stereocenters. The average molecular weight is 276 g/mol. The molecule has 0 saturated heterocycles. The summed E-state index contributed by atoms with van der Waals surface area (Å²) in [5.41, 5.74) is 0. The van der Waals surface area contributed by atoms with Crippen LogP contribution in [0.5, 0.6) is 0 Å². The fourth-order valence-corrected chi connectivity index (χ4v) is 2.24. The highest BCUT2D eigenvalue weighted by molar-refractivity contribution is 7.80. The van der Waals surface area contributed by atoms with E-state index in [4.69, 9.17) is 29.2 Å². The van der Waals surface area contributed by atoms with Gasteiger partial charge in [-0.15, -0.1) is 0 Å². The quantitative estimate of drug-likeness (QED) is 0.631. The van der Waals surface area contributed by atoms with E-state index in [1.165, 1.54) is 0 Å². The number of likely N-dealkylation sites (N-methyl/N-ethyl adjacent to an activating group) is 2. The molecular formula is C12H24N2OS2. The Hall–Kier alpha value is -0.260. The molecule has 0 saturated carbocycles. The van der Waals surface area contributed by atoms with Gasteiger partial charge < -0.3 is 14.5 Å². The second-order valence-corrected chi connectivity index (χ2v) is 4.57. The van der Waals surface area contributed by atoms with Crippen LogP contribution in [0.2, 0.25) is 0 Å². The molecular weight excluding hydrogens is 252 g/mol. The normalized spacial score (nSPS) is 10.1. The van der Waals surface area contributed by atoms with E-state index in [0.29, 0.717) is 13.2 Å². The third kappa shape index (κ3) is 6.29. The number of hydrogen-bond donors (Lipinski definition) is 0. The number of ether oxygens (including phenoxy) is 1. The SMILES string of the molecule is CCN(CC)C(=S)COCC(=S)N(CC)CC. The minimum atomic E-state index is 0.485. The van der Waals surface area contributed by atoms with Crippen LogP contribution in [0.25, 0.3) is 0 Å². The second kappa shape index (κ2) is 9.74. The summed E-state index contributed by atoms with van der Waals surface area (Å²) in [5.74, 6) is 0. The maximum Gasteiger partial charge on any atom is 0.104 e. The van der Waals surface area contributed by atoms with Crippen LogP contribution < -0.4 is 0 Å². The molecule has 0 heterocycles. The highest BCUT2D eigenvalue weighted by Crippen LogP contribution is 1.96. The van der Waals surface area contributed by atoms with E-state index in [1.54, 1.807) is 0 Å². The Morgan fingerprint density at radius 1 is 0.765 bits per heavy atom. The Bertz CT molecular complexity index is 215. The third-order valence-electron chi connectivity index (χ3n) is 2.68. The molecule has 0 spiro atoms. The van der Waals surface area contributed by atoms with Gasteiger partial charge in [0, 0.05) is 26.2 Å².